The molecule has 0 radical (unpaired) electrons. The molecule has 0 spiro atoms. The third-order valence-electron chi connectivity index (χ3n) is 3.08. The van der Waals surface area contributed by atoms with Gasteiger partial charge in [-0.05, 0) is 24.6 Å². The summed E-state index contributed by atoms with van der Waals surface area (Å²) in [6.45, 7) is 1.50. The molecule has 0 saturated carbocycles. The van der Waals surface area contributed by atoms with Crippen molar-refractivity contribution in [1.29, 1.82) is 0 Å². The highest BCUT2D eigenvalue weighted by molar-refractivity contribution is 5.98. The lowest BCUT2D eigenvalue weighted by molar-refractivity contribution is -0.161. The molecule has 1 aromatic rings. The summed E-state index contributed by atoms with van der Waals surface area (Å²) in [5.74, 6) is 4.71. The molecule has 1 saturated heterocycles. The molecule has 1 aromatic carbocycles. The number of carbonyl (C=O) groups excluding carboxylic acids is 2. The van der Waals surface area contributed by atoms with Crippen LogP contribution in [0.5, 0.6) is 0 Å². The van der Waals surface area contributed by atoms with E-state index in [4.69, 9.17) is 9.84 Å². The van der Waals surface area contributed by atoms with E-state index in [-0.39, 0.29) is 37.7 Å². The fourth-order valence-electron chi connectivity index (χ4n) is 2.07. The third-order valence-corrected chi connectivity index (χ3v) is 3.08. The van der Waals surface area contributed by atoms with Gasteiger partial charge in [-0.3, -0.25) is 14.5 Å². The first-order valence-corrected chi connectivity index (χ1v) is 6.26. The van der Waals surface area contributed by atoms with Crippen LogP contribution < -0.4 is 0 Å². The van der Waals surface area contributed by atoms with E-state index in [1.54, 1.807) is 19.1 Å². The van der Waals surface area contributed by atoms with Crippen molar-refractivity contribution in [3.05, 3.63) is 35.4 Å². The van der Waals surface area contributed by atoms with E-state index in [9.17, 15) is 9.59 Å². The first kappa shape index (κ1) is 14.3. The van der Waals surface area contributed by atoms with Crippen molar-refractivity contribution in [2.24, 2.45) is 0 Å². The van der Waals surface area contributed by atoms with Crippen molar-refractivity contribution < 1.29 is 19.4 Å². The smallest absolute Gasteiger partial charge is 0.255 e. The number of rotatable bonds is 2. The maximum atomic E-state index is 11.8. The zero-order valence-corrected chi connectivity index (χ0v) is 11.1. The Kier molecular flexibility index (Phi) is 4.51. The monoisotopic (exact) mass is 273 g/mol. The zero-order valence-electron chi connectivity index (χ0n) is 11.1. The van der Waals surface area contributed by atoms with Gasteiger partial charge in [-0.25, -0.2) is 0 Å². The molecular formula is C15H15NO4. The van der Waals surface area contributed by atoms with E-state index in [1.165, 1.54) is 4.90 Å². The first-order valence-electron chi connectivity index (χ1n) is 6.26. The highest BCUT2D eigenvalue weighted by Crippen LogP contribution is 2.22. The Morgan fingerprint density at radius 1 is 1.25 bits per heavy atom. The molecule has 0 aliphatic carbocycles. The largest absolute Gasteiger partial charge is 0.384 e. The number of aliphatic hydroxyl groups excluding tert-OH is 1. The number of carbonyl (C=O) groups is 2. The van der Waals surface area contributed by atoms with Crippen LogP contribution in [0.2, 0.25) is 0 Å². The van der Waals surface area contributed by atoms with Gasteiger partial charge in [0.25, 0.3) is 11.8 Å². The number of hydrogen-bond acceptors (Lipinski definition) is 4. The van der Waals surface area contributed by atoms with Crippen molar-refractivity contribution in [3.8, 4) is 11.8 Å². The zero-order chi connectivity index (χ0) is 14.5. The van der Waals surface area contributed by atoms with Gasteiger partial charge in [0, 0.05) is 5.56 Å². The molecule has 1 N–H and O–H groups in total. The van der Waals surface area contributed by atoms with E-state index in [0.717, 1.165) is 11.1 Å². The maximum absolute atomic E-state index is 11.8. The number of morpholine rings is 1. The molecule has 5 nitrogen and oxygen atoms in total. The number of aliphatic hydroxyl groups is 1. The molecule has 1 atom stereocenters. The number of nitrogens with zero attached hydrogens (tertiary/aromatic N) is 1. The number of ether oxygens (including phenoxy) is 1. The van der Waals surface area contributed by atoms with Crippen LogP contribution in [-0.2, 0) is 14.3 Å². The SMILES string of the molecule is CC(c1ccc(C#CCO)cc1)N1C(=O)COCC1=O. The summed E-state index contributed by atoms with van der Waals surface area (Å²) >= 11 is 0. The van der Waals surface area contributed by atoms with Crippen molar-refractivity contribution in [2.45, 2.75) is 13.0 Å². The predicted molar refractivity (Wildman–Crippen MR) is 71.5 cm³/mol. The summed E-state index contributed by atoms with van der Waals surface area (Å²) in [7, 11) is 0. The molecule has 2 amide bonds. The Morgan fingerprint density at radius 2 is 1.85 bits per heavy atom. The predicted octanol–water partition coefficient (Wildman–Crippen LogP) is 0.477. The molecule has 5 heteroatoms. The van der Waals surface area contributed by atoms with Crippen LogP contribution in [0.4, 0.5) is 0 Å². The summed E-state index contributed by atoms with van der Waals surface area (Å²) in [5.41, 5.74) is 1.62. The fourth-order valence-corrected chi connectivity index (χ4v) is 2.07. The normalized spacial score (nSPS) is 16.6. The fraction of sp³-hybridized carbons (Fsp3) is 0.333. The number of amides is 2. The second kappa shape index (κ2) is 6.33. The van der Waals surface area contributed by atoms with Crippen molar-refractivity contribution >= 4 is 11.8 Å². The average Bonchev–Trinajstić information content (AvgIpc) is 2.45. The number of hydrogen-bond donors (Lipinski definition) is 1. The van der Waals surface area contributed by atoms with Crippen LogP contribution >= 0.6 is 0 Å². The van der Waals surface area contributed by atoms with Gasteiger partial charge >= 0.3 is 0 Å². The summed E-state index contributed by atoms with van der Waals surface area (Å²) in [6, 6.07) is 6.90. The van der Waals surface area contributed by atoms with Gasteiger partial charge in [-0.15, -0.1) is 0 Å². The lowest BCUT2D eigenvalue weighted by atomic mass is 10.0. The molecule has 1 heterocycles. The topological polar surface area (TPSA) is 66.8 Å². The van der Waals surface area contributed by atoms with Crippen molar-refractivity contribution in [3.63, 3.8) is 0 Å². The van der Waals surface area contributed by atoms with Gasteiger partial charge < -0.3 is 9.84 Å². The van der Waals surface area contributed by atoms with E-state index in [0.29, 0.717) is 0 Å². The molecule has 1 fully saturated rings. The van der Waals surface area contributed by atoms with E-state index < -0.39 is 0 Å². The Morgan fingerprint density at radius 3 is 2.40 bits per heavy atom. The van der Waals surface area contributed by atoms with Crippen LogP contribution in [0.25, 0.3) is 0 Å². The van der Waals surface area contributed by atoms with E-state index in [1.807, 2.05) is 12.1 Å². The van der Waals surface area contributed by atoms with Crippen LogP contribution in [0.3, 0.4) is 0 Å². The molecule has 1 unspecified atom stereocenters. The maximum Gasteiger partial charge on any atom is 0.255 e. The molecule has 1 aliphatic heterocycles. The van der Waals surface area contributed by atoms with Gasteiger partial charge in [0.1, 0.15) is 19.8 Å². The molecule has 2 rings (SSSR count). The molecular weight excluding hydrogens is 258 g/mol. The molecule has 0 aromatic heterocycles. The van der Waals surface area contributed by atoms with Crippen LogP contribution in [0, 0.1) is 11.8 Å². The van der Waals surface area contributed by atoms with Gasteiger partial charge in [-0.1, -0.05) is 24.0 Å². The first-order chi connectivity index (χ1) is 9.63. The summed E-state index contributed by atoms with van der Waals surface area (Å²) < 4.78 is 4.89. The number of benzene rings is 1. The minimum atomic E-state index is -0.334. The van der Waals surface area contributed by atoms with Gasteiger partial charge in [0.2, 0.25) is 0 Å². The minimum absolute atomic E-state index is 0.0594. The summed E-state index contributed by atoms with van der Waals surface area (Å²) in [5, 5.41) is 8.63. The van der Waals surface area contributed by atoms with Crippen LogP contribution in [0.1, 0.15) is 24.1 Å². The number of imide groups is 1. The lowest BCUT2D eigenvalue weighted by Gasteiger charge is -2.30. The molecule has 104 valence electrons. The molecule has 0 bridgehead atoms. The van der Waals surface area contributed by atoms with Crippen molar-refractivity contribution in [2.75, 3.05) is 19.8 Å². The average molecular weight is 273 g/mol. The minimum Gasteiger partial charge on any atom is -0.384 e. The van der Waals surface area contributed by atoms with Crippen molar-refractivity contribution in [1.82, 2.24) is 4.90 Å². The standard InChI is InChI=1S/C15H15NO4/c1-11(16-14(18)9-20-10-15(16)19)13-6-4-12(5-7-13)3-2-8-17/h4-7,11,17H,8-10H2,1H3. The second-order valence-corrected chi connectivity index (χ2v) is 4.41. The highest BCUT2D eigenvalue weighted by Gasteiger charge is 2.31. The molecule has 20 heavy (non-hydrogen) atoms. The Hall–Kier alpha value is -2.16. The highest BCUT2D eigenvalue weighted by atomic mass is 16.5. The lowest BCUT2D eigenvalue weighted by Crippen LogP contribution is -2.47. The van der Waals surface area contributed by atoms with Gasteiger partial charge in [0.05, 0.1) is 6.04 Å². The van der Waals surface area contributed by atoms with Gasteiger partial charge in [0.15, 0.2) is 0 Å². The van der Waals surface area contributed by atoms with Crippen LogP contribution in [0.15, 0.2) is 24.3 Å². The van der Waals surface area contributed by atoms with E-state index >= 15 is 0 Å². The summed E-state index contributed by atoms with van der Waals surface area (Å²) in [6.07, 6.45) is 0. The quantitative estimate of drug-likeness (QED) is 0.628. The van der Waals surface area contributed by atoms with Gasteiger partial charge in [-0.2, -0.15) is 0 Å². The van der Waals surface area contributed by atoms with Crippen LogP contribution in [-0.4, -0.2) is 41.6 Å². The second-order valence-electron chi connectivity index (χ2n) is 4.41. The Labute approximate surface area is 117 Å². The molecule has 1 aliphatic rings. The Balaban J connectivity index is 2.18. The summed E-state index contributed by atoms with van der Waals surface area (Å²) in [4.78, 5) is 24.7. The third kappa shape index (κ3) is 3.05. The Bertz CT molecular complexity index is 552. The van der Waals surface area contributed by atoms with E-state index in [2.05, 4.69) is 11.8 Å².